The smallest absolute Gasteiger partial charge is 0.0300 e. The van der Waals surface area contributed by atoms with E-state index in [1.54, 1.807) is 18.2 Å². The van der Waals surface area contributed by atoms with Gasteiger partial charge >= 0.3 is 0 Å². The number of hydrogen-bond acceptors (Lipinski definition) is 3. The van der Waals surface area contributed by atoms with Crippen LogP contribution in [0.5, 0.6) is 0 Å². The van der Waals surface area contributed by atoms with Crippen molar-refractivity contribution < 1.29 is 24.2 Å². The van der Waals surface area contributed by atoms with Crippen LogP contribution in [0.3, 0.4) is 0 Å². The fourth-order valence-electron chi connectivity index (χ4n) is 5.89. The molecule has 2 nitrogen and oxygen atoms in total. The third-order valence-electron chi connectivity index (χ3n) is 8.13. The van der Waals surface area contributed by atoms with Crippen LogP contribution in [0.4, 0.5) is 0 Å². The van der Waals surface area contributed by atoms with E-state index in [2.05, 4.69) is 85.4 Å². The van der Waals surface area contributed by atoms with Crippen molar-refractivity contribution in [2.45, 2.75) is 64.5 Å². The van der Waals surface area contributed by atoms with Gasteiger partial charge in [0, 0.05) is 49.4 Å². The van der Waals surface area contributed by atoms with Crippen molar-refractivity contribution in [1.82, 2.24) is 9.97 Å². The van der Waals surface area contributed by atoms with E-state index in [0.29, 0.717) is 5.92 Å². The van der Waals surface area contributed by atoms with E-state index in [0.717, 1.165) is 17.0 Å². The summed E-state index contributed by atoms with van der Waals surface area (Å²) in [5.41, 5.74) is 5.49. The summed E-state index contributed by atoms with van der Waals surface area (Å²) in [6, 6.07) is 33.1. The monoisotopic (exact) mass is 778 g/mol. The standard InChI is InChI=1S/C26H28NSSi.C12H10N.Ir/c1-29(2,3)24-16-14-20(26-25(24)21-11-7-8-12-23(21)28-26)22-15-13-19(17-27-22)18-9-5-4-6-10-18;1-10-7-8-12(13-9-10)11-5-3-2-4-6-11;/h7-8,11-13,15-18H,4-6,9-10H2,1-3H3;2-5,7-9H,1H3;/q2*-1;/i;1D3;. The predicted molar refractivity (Wildman–Crippen MR) is 183 cm³/mol. The number of fused-ring (bicyclic) bond motifs is 3. The van der Waals surface area contributed by atoms with Gasteiger partial charge in [-0.1, -0.05) is 86.8 Å². The Morgan fingerprint density at radius 1 is 0.837 bits per heavy atom. The third-order valence-corrected chi connectivity index (χ3v) is 11.3. The first kappa shape index (κ1) is 27.6. The number of hydrogen-bond donors (Lipinski definition) is 0. The zero-order valence-corrected chi connectivity index (χ0v) is 29.1. The van der Waals surface area contributed by atoms with Crippen molar-refractivity contribution >= 4 is 44.8 Å². The molecule has 0 bridgehead atoms. The minimum absolute atomic E-state index is 0. The third kappa shape index (κ3) is 7.07. The molecule has 1 fully saturated rings. The van der Waals surface area contributed by atoms with Gasteiger partial charge in [0.2, 0.25) is 0 Å². The molecule has 0 N–H and O–H groups in total. The molecule has 0 amide bonds. The molecule has 1 radical (unpaired) electrons. The van der Waals surface area contributed by atoms with Crippen LogP contribution in [0.25, 0.3) is 42.7 Å². The topological polar surface area (TPSA) is 25.8 Å². The van der Waals surface area contributed by atoms with Crippen molar-refractivity contribution in [1.29, 1.82) is 0 Å². The van der Waals surface area contributed by atoms with E-state index in [1.807, 2.05) is 29.5 Å². The van der Waals surface area contributed by atoms with E-state index >= 15 is 0 Å². The van der Waals surface area contributed by atoms with Crippen LogP contribution in [-0.2, 0) is 20.1 Å². The summed E-state index contributed by atoms with van der Waals surface area (Å²) in [5.74, 6) is 0.702. The number of aryl methyl sites for hydroxylation is 1. The fourth-order valence-corrected chi connectivity index (χ4v) is 8.73. The molecule has 0 unspecified atom stereocenters. The van der Waals surface area contributed by atoms with E-state index in [4.69, 9.17) is 9.10 Å². The van der Waals surface area contributed by atoms with E-state index < -0.39 is 14.9 Å². The van der Waals surface area contributed by atoms with Gasteiger partial charge in [-0.25, -0.2) is 0 Å². The van der Waals surface area contributed by atoms with Gasteiger partial charge in [0.05, 0.1) is 0 Å². The van der Waals surface area contributed by atoms with E-state index in [9.17, 15) is 0 Å². The van der Waals surface area contributed by atoms with Crippen molar-refractivity contribution in [2.24, 2.45) is 0 Å². The number of rotatable bonds is 4. The molecule has 6 aromatic rings. The molecule has 1 aliphatic carbocycles. The number of pyridine rings is 2. The molecule has 0 atom stereocenters. The van der Waals surface area contributed by atoms with Crippen LogP contribution in [0, 0.1) is 19.0 Å². The summed E-state index contributed by atoms with van der Waals surface area (Å²) in [6.07, 6.45) is 10.3. The van der Waals surface area contributed by atoms with Crippen LogP contribution < -0.4 is 5.19 Å². The molecule has 0 saturated heterocycles. The Morgan fingerprint density at radius 3 is 2.28 bits per heavy atom. The molecular weight excluding hydrogens is 737 g/mol. The van der Waals surface area contributed by atoms with Crippen LogP contribution in [0.15, 0.2) is 91.3 Å². The van der Waals surface area contributed by atoms with Crippen molar-refractivity contribution in [3.63, 3.8) is 0 Å². The SMILES string of the molecule is C[Si](C)(C)c1c[c-]c(-c2ccc(C3CCCCC3)cn2)c2sc3ccccc3c12.[2H]C([2H])([2H])c1ccc(-c2[c-]cccc2)nc1.[Ir]. The zero-order chi connectivity index (χ0) is 31.6. The van der Waals surface area contributed by atoms with Crippen molar-refractivity contribution in [3.8, 4) is 22.5 Å². The molecule has 7 rings (SSSR count). The minimum atomic E-state index is -2.09. The Labute approximate surface area is 279 Å². The quantitative estimate of drug-likeness (QED) is 0.132. The van der Waals surface area contributed by atoms with Crippen molar-refractivity contribution in [3.05, 3.63) is 115 Å². The average Bonchev–Trinajstić information content (AvgIpc) is 3.44. The Bertz CT molecular complexity index is 1890. The van der Waals surface area contributed by atoms with Gasteiger partial charge in [-0.15, -0.1) is 58.8 Å². The Kier molecular flexibility index (Phi) is 8.84. The fraction of sp³-hybridized carbons (Fsp3) is 0.263. The molecule has 5 heteroatoms. The molecule has 3 aromatic carbocycles. The second-order valence-electron chi connectivity index (χ2n) is 12.1. The second-order valence-corrected chi connectivity index (χ2v) is 18.2. The van der Waals surface area contributed by atoms with Gasteiger partial charge in [0.25, 0.3) is 0 Å². The largest absolute Gasteiger partial charge is 0.304 e. The van der Waals surface area contributed by atoms with Crippen LogP contribution in [-0.4, -0.2) is 18.0 Å². The van der Waals surface area contributed by atoms with E-state index in [1.165, 1.54) is 74.8 Å². The summed E-state index contributed by atoms with van der Waals surface area (Å²) in [5, 5.41) is 4.34. The second kappa shape index (κ2) is 13.8. The molecule has 221 valence electrons. The number of aromatic nitrogens is 2. The Hall–Kier alpha value is -2.95. The molecular formula is C38H38IrN2SSi-2. The molecule has 3 heterocycles. The molecule has 43 heavy (non-hydrogen) atoms. The summed E-state index contributed by atoms with van der Waals surface area (Å²) < 4.78 is 24.4. The Morgan fingerprint density at radius 2 is 1.60 bits per heavy atom. The van der Waals surface area contributed by atoms with Gasteiger partial charge in [-0.3, -0.25) is 0 Å². The van der Waals surface area contributed by atoms with Gasteiger partial charge in [0.15, 0.2) is 0 Å². The van der Waals surface area contributed by atoms with E-state index in [-0.39, 0.29) is 25.7 Å². The van der Waals surface area contributed by atoms with Gasteiger partial charge in [-0.05, 0) is 64.3 Å². The average molecular weight is 778 g/mol. The maximum Gasteiger partial charge on any atom is 0.0300 e. The molecule has 1 aliphatic rings. The number of thiophene rings is 1. The van der Waals surface area contributed by atoms with Crippen LogP contribution >= 0.6 is 11.3 Å². The summed E-state index contributed by atoms with van der Waals surface area (Å²) >= 11 is 1.90. The first-order chi connectivity index (χ1) is 21.6. The van der Waals surface area contributed by atoms with Crippen molar-refractivity contribution in [2.75, 3.05) is 0 Å². The van der Waals surface area contributed by atoms with Crippen LogP contribution in [0.2, 0.25) is 19.6 Å². The normalized spacial score (nSPS) is 15.1. The Balaban J connectivity index is 0.000000209. The molecule has 3 aromatic heterocycles. The first-order valence-electron chi connectivity index (χ1n) is 16.4. The maximum absolute atomic E-state index is 7.23. The zero-order valence-electron chi connectivity index (χ0n) is 27.9. The van der Waals surface area contributed by atoms with Crippen LogP contribution in [0.1, 0.15) is 53.3 Å². The molecule has 0 aliphatic heterocycles. The number of nitrogens with zero attached hydrogens (tertiary/aromatic N) is 2. The number of benzene rings is 3. The summed E-state index contributed by atoms with van der Waals surface area (Å²) in [4.78, 5) is 9.05. The first-order valence-corrected chi connectivity index (χ1v) is 19.2. The summed E-state index contributed by atoms with van der Waals surface area (Å²) in [6.45, 7) is 5.20. The molecule has 0 spiro atoms. The molecule has 1 saturated carbocycles. The maximum atomic E-state index is 7.23. The minimum Gasteiger partial charge on any atom is -0.304 e. The van der Waals surface area contributed by atoms with Gasteiger partial charge in [-0.2, -0.15) is 11.3 Å². The summed E-state index contributed by atoms with van der Waals surface area (Å²) in [7, 11) is -1.48. The van der Waals surface area contributed by atoms with Gasteiger partial charge in [0.1, 0.15) is 0 Å². The predicted octanol–water partition coefficient (Wildman–Crippen LogP) is 10.4. The van der Waals surface area contributed by atoms with Gasteiger partial charge < -0.3 is 9.97 Å².